The van der Waals surface area contributed by atoms with Gasteiger partial charge in [-0.3, -0.25) is 14.5 Å². The van der Waals surface area contributed by atoms with Crippen molar-refractivity contribution in [2.75, 3.05) is 13.2 Å². The lowest BCUT2D eigenvalue weighted by Crippen LogP contribution is -2.63. The average molecular weight is 281 g/mol. The molecule has 3 aliphatic rings. The normalized spacial score (nSPS) is 33.1. The van der Waals surface area contributed by atoms with Crippen LogP contribution < -0.4 is 0 Å². The molecule has 2 aliphatic heterocycles. The van der Waals surface area contributed by atoms with E-state index in [1.54, 1.807) is 0 Å². The molecule has 0 aromatic heterocycles. The van der Waals surface area contributed by atoms with E-state index in [-0.39, 0.29) is 36.9 Å². The molecular formula is C14H19NO5. The Morgan fingerprint density at radius 2 is 1.70 bits per heavy atom. The van der Waals surface area contributed by atoms with Crippen LogP contribution in [0.5, 0.6) is 0 Å². The van der Waals surface area contributed by atoms with Crippen molar-refractivity contribution in [1.82, 2.24) is 4.90 Å². The Labute approximate surface area is 117 Å². The number of rotatable bonds is 2. The maximum absolute atomic E-state index is 12.4. The summed E-state index contributed by atoms with van der Waals surface area (Å²) >= 11 is 0. The molecule has 20 heavy (non-hydrogen) atoms. The predicted molar refractivity (Wildman–Crippen MR) is 67.8 cm³/mol. The number of carbonyl (C=O) groups excluding carboxylic acids is 2. The summed E-state index contributed by atoms with van der Waals surface area (Å²) in [6.07, 6.45) is 4.68. The Kier molecular flexibility index (Phi) is 3.08. The second kappa shape index (κ2) is 4.55. The lowest BCUT2D eigenvalue weighted by Gasteiger charge is -2.43. The van der Waals surface area contributed by atoms with Crippen LogP contribution in [0.4, 0.5) is 0 Å². The molecule has 1 spiro atoms. The van der Waals surface area contributed by atoms with Crippen molar-refractivity contribution in [3.05, 3.63) is 0 Å². The zero-order valence-electron chi connectivity index (χ0n) is 11.4. The maximum Gasteiger partial charge on any atom is 0.332 e. The second-order valence-corrected chi connectivity index (χ2v) is 6.32. The summed E-state index contributed by atoms with van der Waals surface area (Å²) in [5.41, 5.74) is -1.68. The molecule has 0 radical (unpaired) electrons. The molecule has 2 saturated heterocycles. The Balaban J connectivity index is 1.89. The highest BCUT2D eigenvalue weighted by atomic mass is 16.5. The molecule has 1 N–H and O–H groups in total. The summed E-state index contributed by atoms with van der Waals surface area (Å²) in [5, 5.41) is 9.48. The molecular weight excluding hydrogens is 262 g/mol. The predicted octanol–water partition coefficient (Wildman–Crippen LogP) is 0.939. The molecule has 2 amide bonds. The Morgan fingerprint density at radius 3 is 2.15 bits per heavy atom. The van der Waals surface area contributed by atoms with Crippen LogP contribution in [0.15, 0.2) is 0 Å². The largest absolute Gasteiger partial charge is 0.479 e. The highest BCUT2D eigenvalue weighted by Gasteiger charge is 2.57. The van der Waals surface area contributed by atoms with Crippen molar-refractivity contribution in [1.29, 1.82) is 0 Å². The van der Waals surface area contributed by atoms with Gasteiger partial charge in [0.2, 0.25) is 11.8 Å². The van der Waals surface area contributed by atoms with Crippen molar-refractivity contribution in [3.63, 3.8) is 0 Å². The van der Waals surface area contributed by atoms with Crippen LogP contribution in [0.25, 0.3) is 0 Å². The summed E-state index contributed by atoms with van der Waals surface area (Å²) < 4.78 is 5.16. The molecule has 0 aromatic carbocycles. The lowest BCUT2D eigenvalue weighted by atomic mass is 9.75. The van der Waals surface area contributed by atoms with E-state index < -0.39 is 11.5 Å². The number of ether oxygens (including phenoxy) is 1. The number of hydrogen-bond acceptors (Lipinski definition) is 4. The molecule has 3 rings (SSSR count). The number of carboxylic acid groups (broad SMARTS) is 1. The van der Waals surface area contributed by atoms with Crippen LogP contribution >= 0.6 is 0 Å². The topological polar surface area (TPSA) is 83.9 Å². The molecule has 1 unspecified atom stereocenters. The first-order valence-corrected chi connectivity index (χ1v) is 7.16. The van der Waals surface area contributed by atoms with Crippen LogP contribution in [0.3, 0.4) is 0 Å². The van der Waals surface area contributed by atoms with Crippen LogP contribution in [0.1, 0.15) is 44.9 Å². The van der Waals surface area contributed by atoms with Crippen molar-refractivity contribution in [2.24, 2.45) is 5.41 Å². The molecule has 1 aliphatic carbocycles. The third kappa shape index (κ3) is 1.85. The van der Waals surface area contributed by atoms with Gasteiger partial charge >= 0.3 is 5.97 Å². The fourth-order valence-corrected chi connectivity index (χ4v) is 3.95. The number of imide groups is 1. The monoisotopic (exact) mass is 281 g/mol. The molecule has 0 bridgehead atoms. The van der Waals surface area contributed by atoms with E-state index in [1.165, 1.54) is 0 Å². The van der Waals surface area contributed by atoms with Crippen molar-refractivity contribution in [2.45, 2.75) is 50.5 Å². The number of carboxylic acids is 1. The number of likely N-dealkylation sites (tertiary alicyclic amines) is 1. The lowest BCUT2D eigenvalue weighted by molar-refractivity contribution is -0.172. The molecule has 2 heterocycles. The Hall–Kier alpha value is -1.43. The van der Waals surface area contributed by atoms with Gasteiger partial charge in [-0.25, -0.2) is 4.79 Å². The van der Waals surface area contributed by atoms with Gasteiger partial charge in [-0.15, -0.1) is 0 Å². The number of nitrogens with zero attached hydrogens (tertiary/aromatic N) is 1. The third-order valence-electron chi connectivity index (χ3n) is 5.04. The minimum absolute atomic E-state index is 0.0905. The third-order valence-corrected chi connectivity index (χ3v) is 5.04. The number of amides is 2. The first-order chi connectivity index (χ1) is 9.49. The summed E-state index contributed by atoms with van der Waals surface area (Å²) in [4.78, 5) is 37.5. The van der Waals surface area contributed by atoms with E-state index in [0.717, 1.165) is 30.6 Å². The smallest absolute Gasteiger partial charge is 0.332 e. The van der Waals surface area contributed by atoms with Gasteiger partial charge in [0.25, 0.3) is 0 Å². The number of carbonyl (C=O) groups is 3. The molecule has 6 nitrogen and oxygen atoms in total. The summed E-state index contributed by atoms with van der Waals surface area (Å²) in [6, 6.07) is 0. The maximum atomic E-state index is 12.4. The van der Waals surface area contributed by atoms with Gasteiger partial charge in [0.05, 0.1) is 6.61 Å². The molecule has 3 fully saturated rings. The fraction of sp³-hybridized carbons (Fsp3) is 0.786. The Bertz CT molecular complexity index is 440. The van der Waals surface area contributed by atoms with E-state index in [1.807, 2.05) is 0 Å². The first kappa shape index (κ1) is 13.5. The van der Waals surface area contributed by atoms with Gasteiger partial charge in [0.1, 0.15) is 0 Å². The summed E-state index contributed by atoms with van der Waals surface area (Å²) in [6.45, 7) is 0.182. The van der Waals surface area contributed by atoms with Crippen molar-refractivity contribution in [3.8, 4) is 0 Å². The molecule has 1 saturated carbocycles. The fourth-order valence-electron chi connectivity index (χ4n) is 3.95. The molecule has 6 heteroatoms. The zero-order valence-corrected chi connectivity index (χ0v) is 11.4. The van der Waals surface area contributed by atoms with E-state index in [2.05, 4.69) is 0 Å². The molecule has 1 atom stereocenters. The van der Waals surface area contributed by atoms with Crippen LogP contribution in [-0.4, -0.2) is 46.5 Å². The zero-order chi connectivity index (χ0) is 14.4. The van der Waals surface area contributed by atoms with Crippen LogP contribution in [-0.2, 0) is 19.1 Å². The van der Waals surface area contributed by atoms with Gasteiger partial charge in [-0.05, 0) is 18.3 Å². The minimum atomic E-state index is -1.48. The van der Waals surface area contributed by atoms with E-state index >= 15 is 0 Å². The number of aliphatic carboxylic acids is 1. The Morgan fingerprint density at radius 1 is 1.10 bits per heavy atom. The highest BCUT2D eigenvalue weighted by Crippen LogP contribution is 2.48. The highest BCUT2D eigenvalue weighted by molar-refractivity contribution is 6.03. The van der Waals surface area contributed by atoms with Crippen molar-refractivity contribution < 1.29 is 24.2 Å². The minimum Gasteiger partial charge on any atom is -0.479 e. The summed E-state index contributed by atoms with van der Waals surface area (Å²) in [5.74, 6) is -1.81. The summed E-state index contributed by atoms with van der Waals surface area (Å²) in [7, 11) is 0. The van der Waals surface area contributed by atoms with E-state index in [4.69, 9.17) is 4.74 Å². The van der Waals surface area contributed by atoms with Crippen molar-refractivity contribution >= 4 is 17.8 Å². The van der Waals surface area contributed by atoms with Crippen LogP contribution in [0, 0.1) is 5.41 Å². The van der Waals surface area contributed by atoms with Gasteiger partial charge in [-0.1, -0.05) is 12.8 Å². The molecule has 110 valence electrons. The van der Waals surface area contributed by atoms with Gasteiger partial charge < -0.3 is 9.84 Å². The average Bonchev–Trinajstić information content (AvgIpc) is 2.99. The second-order valence-electron chi connectivity index (χ2n) is 6.32. The van der Waals surface area contributed by atoms with E-state index in [9.17, 15) is 19.5 Å². The van der Waals surface area contributed by atoms with Gasteiger partial charge in [0.15, 0.2) is 5.54 Å². The van der Waals surface area contributed by atoms with Crippen LogP contribution in [0.2, 0.25) is 0 Å². The van der Waals surface area contributed by atoms with Gasteiger partial charge in [-0.2, -0.15) is 0 Å². The standard InChI is InChI=1S/C14H19NO5/c16-10-7-13(3-1-2-4-13)8-11(17)15(10)14(12(18)19)5-6-20-9-14/h1-9H2,(H,18,19). The number of hydrogen-bond donors (Lipinski definition) is 1. The molecule has 0 aromatic rings. The quantitative estimate of drug-likeness (QED) is 0.761. The van der Waals surface area contributed by atoms with Gasteiger partial charge in [0, 0.05) is 25.9 Å². The first-order valence-electron chi connectivity index (χ1n) is 7.16. The van der Waals surface area contributed by atoms with E-state index in [0.29, 0.717) is 12.8 Å². The number of piperidine rings is 1. The SMILES string of the molecule is O=C1CC2(CCCC2)CC(=O)N1C1(C(=O)O)CCOC1.